The number of para-hydroxylation sites is 1. The number of nitrogens with zero attached hydrogens (tertiary/aromatic N) is 4. The zero-order valence-corrected chi connectivity index (χ0v) is 14.9. The zero-order chi connectivity index (χ0) is 17.6. The molecule has 1 aromatic heterocycles. The highest BCUT2D eigenvalue weighted by molar-refractivity contribution is 5.91. The van der Waals surface area contributed by atoms with Crippen LogP contribution in [0.15, 0.2) is 36.7 Å². The van der Waals surface area contributed by atoms with Crippen molar-refractivity contribution in [1.82, 2.24) is 19.7 Å². The number of aromatic nitrogens is 3. The van der Waals surface area contributed by atoms with Crippen LogP contribution in [0.2, 0.25) is 0 Å². The van der Waals surface area contributed by atoms with Gasteiger partial charge in [-0.3, -0.25) is 4.79 Å². The van der Waals surface area contributed by atoms with Crippen molar-refractivity contribution < 1.29 is 9.53 Å². The van der Waals surface area contributed by atoms with Crippen LogP contribution in [-0.4, -0.2) is 51.4 Å². The van der Waals surface area contributed by atoms with Gasteiger partial charge in [0.05, 0.1) is 5.69 Å². The van der Waals surface area contributed by atoms with Gasteiger partial charge in [-0.2, -0.15) is 0 Å². The number of amides is 1. The Morgan fingerprint density at radius 1 is 1.15 bits per heavy atom. The van der Waals surface area contributed by atoms with Gasteiger partial charge >= 0.3 is 0 Å². The molecule has 3 aliphatic rings. The largest absolute Gasteiger partial charge is 0.381 e. The van der Waals surface area contributed by atoms with Gasteiger partial charge in [0.1, 0.15) is 6.33 Å². The van der Waals surface area contributed by atoms with Gasteiger partial charge in [0.15, 0.2) is 0 Å². The molecule has 1 amide bonds. The Hall–Kier alpha value is -2.21. The van der Waals surface area contributed by atoms with E-state index >= 15 is 0 Å². The number of benzene rings is 1. The molecule has 0 radical (unpaired) electrons. The first kappa shape index (κ1) is 16.0. The Balaban J connectivity index is 1.41. The number of rotatable bonds is 2. The van der Waals surface area contributed by atoms with Crippen LogP contribution in [0.3, 0.4) is 0 Å². The van der Waals surface area contributed by atoms with E-state index in [0.29, 0.717) is 17.8 Å². The Bertz CT molecular complexity index is 797. The van der Waals surface area contributed by atoms with Gasteiger partial charge in [-0.1, -0.05) is 24.6 Å². The number of fused-ring (bicyclic) bond motifs is 2. The van der Waals surface area contributed by atoms with Crippen molar-refractivity contribution >= 4 is 5.91 Å². The van der Waals surface area contributed by atoms with Crippen molar-refractivity contribution in [3.63, 3.8) is 0 Å². The minimum atomic E-state index is -0.0139. The number of likely N-dealkylation sites (tertiary alicyclic amines) is 1. The standard InChI is InChI=1S/C20H24N4O2/c25-19(18-21-14-24(22-18)15-5-2-1-3-6-15)23-13-20(9-11-26-12-10-20)16-7-4-8-17(16)23/h1-3,5-6,14,16-17H,4,7-13H2/t16-,17+/m1/s1. The van der Waals surface area contributed by atoms with Crippen molar-refractivity contribution in [2.24, 2.45) is 11.3 Å². The summed E-state index contributed by atoms with van der Waals surface area (Å²) in [4.78, 5) is 19.6. The molecule has 1 aliphatic carbocycles. The maximum absolute atomic E-state index is 13.2. The van der Waals surface area contributed by atoms with E-state index in [4.69, 9.17) is 4.74 Å². The topological polar surface area (TPSA) is 60.2 Å². The second-order valence-electron chi connectivity index (χ2n) is 7.86. The van der Waals surface area contributed by atoms with Crippen LogP contribution in [0.4, 0.5) is 0 Å². The maximum atomic E-state index is 13.2. The first-order chi connectivity index (χ1) is 12.8. The lowest BCUT2D eigenvalue weighted by Gasteiger charge is -2.37. The second kappa shape index (κ2) is 6.20. The molecule has 2 aromatic rings. The molecule has 1 saturated carbocycles. The van der Waals surface area contributed by atoms with E-state index in [0.717, 1.165) is 44.7 Å². The number of carbonyl (C=O) groups excluding carboxylic acids is 1. The summed E-state index contributed by atoms with van der Waals surface area (Å²) in [5.41, 5.74) is 1.16. The van der Waals surface area contributed by atoms with Gasteiger partial charge in [0.2, 0.25) is 5.82 Å². The van der Waals surface area contributed by atoms with Crippen molar-refractivity contribution in [3.05, 3.63) is 42.5 Å². The smallest absolute Gasteiger partial charge is 0.293 e. The van der Waals surface area contributed by atoms with Gasteiger partial charge in [-0.15, -0.1) is 5.10 Å². The second-order valence-corrected chi connectivity index (χ2v) is 7.86. The monoisotopic (exact) mass is 352 g/mol. The average Bonchev–Trinajstić information content (AvgIpc) is 3.41. The quantitative estimate of drug-likeness (QED) is 0.834. The lowest BCUT2D eigenvalue weighted by molar-refractivity contribution is -0.00103. The predicted molar refractivity (Wildman–Crippen MR) is 96.0 cm³/mol. The van der Waals surface area contributed by atoms with E-state index in [9.17, 15) is 4.79 Å². The highest BCUT2D eigenvalue weighted by atomic mass is 16.5. The number of ether oxygens (including phenoxy) is 1. The molecule has 0 unspecified atom stereocenters. The van der Waals surface area contributed by atoms with E-state index in [-0.39, 0.29) is 11.3 Å². The molecular weight excluding hydrogens is 328 g/mol. The van der Waals surface area contributed by atoms with E-state index < -0.39 is 0 Å². The molecule has 2 atom stereocenters. The van der Waals surface area contributed by atoms with Crippen LogP contribution in [0.1, 0.15) is 42.7 Å². The summed E-state index contributed by atoms with van der Waals surface area (Å²) in [5.74, 6) is 0.912. The molecule has 2 saturated heterocycles. The zero-order valence-electron chi connectivity index (χ0n) is 14.9. The Labute approximate surface area is 153 Å². The summed E-state index contributed by atoms with van der Waals surface area (Å²) in [7, 11) is 0. The number of carbonyl (C=O) groups is 1. The molecule has 5 rings (SSSR count). The van der Waals surface area contributed by atoms with E-state index in [2.05, 4.69) is 15.0 Å². The van der Waals surface area contributed by atoms with Gasteiger partial charge in [0.25, 0.3) is 5.91 Å². The van der Waals surface area contributed by atoms with Crippen molar-refractivity contribution in [1.29, 1.82) is 0 Å². The van der Waals surface area contributed by atoms with Crippen LogP contribution >= 0.6 is 0 Å². The number of hydrogen-bond donors (Lipinski definition) is 0. The Kier molecular flexibility index (Phi) is 3.81. The van der Waals surface area contributed by atoms with Crippen molar-refractivity contribution in [3.8, 4) is 5.69 Å². The molecular formula is C20H24N4O2. The lowest BCUT2D eigenvalue weighted by Crippen LogP contribution is -2.38. The lowest BCUT2D eigenvalue weighted by atomic mass is 9.71. The first-order valence-electron chi connectivity index (χ1n) is 9.63. The van der Waals surface area contributed by atoms with E-state index in [1.807, 2.05) is 30.3 Å². The summed E-state index contributed by atoms with van der Waals surface area (Å²) >= 11 is 0. The SMILES string of the molecule is O=C(c1ncn(-c2ccccc2)n1)N1CC2(CCOCC2)[C@@H]2CCC[C@@H]21. The van der Waals surface area contributed by atoms with Crippen LogP contribution in [0, 0.1) is 11.3 Å². The molecule has 0 bridgehead atoms. The fraction of sp³-hybridized carbons (Fsp3) is 0.550. The van der Waals surface area contributed by atoms with Crippen LogP contribution in [-0.2, 0) is 4.74 Å². The molecule has 26 heavy (non-hydrogen) atoms. The third-order valence-corrected chi connectivity index (χ3v) is 6.60. The summed E-state index contributed by atoms with van der Waals surface area (Å²) in [6.07, 6.45) is 7.34. The van der Waals surface area contributed by atoms with Gasteiger partial charge in [-0.25, -0.2) is 9.67 Å². The van der Waals surface area contributed by atoms with Crippen molar-refractivity contribution in [2.75, 3.05) is 19.8 Å². The summed E-state index contributed by atoms with van der Waals surface area (Å²) in [6, 6.07) is 10.1. The van der Waals surface area contributed by atoms with Crippen LogP contribution in [0.5, 0.6) is 0 Å². The molecule has 2 aliphatic heterocycles. The third kappa shape index (κ3) is 2.47. The molecule has 0 N–H and O–H groups in total. The highest BCUT2D eigenvalue weighted by Gasteiger charge is 2.55. The first-order valence-corrected chi connectivity index (χ1v) is 9.63. The molecule has 6 heteroatoms. The summed E-state index contributed by atoms with van der Waals surface area (Å²) in [6.45, 7) is 2.49. The third-order valence-electron chi connectivity index (χ3n) is 6.60. The number of hydrogen-bond acceptors (Lipinski definition) is 4. The molecule has 1 aromatic carbocycles. The molecule has 3 heterocycles. The molecule has 1 spiro atoms. The van der Waals surface area contributed by atoms with Gasteiger partial charge in [-0.05, 0) is 49.1 Å². The van der Waals surface area contributed by atoms with Gasteiger partial charge < -0.3 is 9.64 Å². The van der Waals surface area contributed by atoms with Gasteiger partial charge in [0, 0.05) is 25.8 Å². The fourth-order valence-corrected chi connectivity index (χ4v) is 5.33. The average molecular weight is 352 g/mol. The molecule has 6 nitrogen and oxygen atoms in total. The maximum Gasteiger partial charge on any atom is 0.293 e. The minimum absolute atomic E-state index is 0.0139. The normalized spacial score (nSPS) is 27.0. The Morgan fingerprint density at radius 3 is 2.77 bits per heavy atom. The summed E-state index contributed by atoms with van der Waals surface area (Å²) in [5, 5.41) is 4.46. The fourth-order valence-electron chi connectivity index (χ4n) is 5.33. The summed E-state index contributed by atoms with van der Waals surface area (Å²) < 4.78 is 7.29. The predicted octanol–water partition coefficient (Wildman–Crippen LogP) is 2.69. The molecule has 136 valence electrons. The van der Waals surface area contributed by atoms with E-state index in [1.54, 1.807) is 11.0 Å². The van der Waals surface area contributed by atoms with Crippen molar-refractivity contribution in [2.45, 2.75) is 38.1 Å². The highest BCUT2D eigenvalue weighted by Crippen LogP contribution is 2.53. The van der Waals surface area contributed by atoms with Crippen LogP contribution < -0.4 is 0 Å². The van der Waals surface area contributed by atoms with E-state index in [1.165, 1.54) is 12.8 Å². The molecule has 3 fully saturated rings. The van der Waals surface area contributed by atoms with Crippen LogP contribution in [0.25, 0.3) is 5.69 Å². The Morgan fingerprint density at radius 2 is 1.96 bits per heavy atom. The minimum Gasteiger partial charge on any atom is -0.381 e.